The Labute approximate surface area is 258 Å². The van der Waals surface area contributed by atoms with Crippen molar-refractivity contribution >= 4 is 60.7 Å². The van der Waals surface area contributed by atoms with Gasteiger partial charge in [0.15, 0.2) is 5.82 Å². The number of aliphatic carboxylic acids is 1. The summed E-state index contributed by atoms with van der Waals surface area (Å²) in [6.45, 7) is 1.48. The highest BCUT2D eigenvalue weighted by Crippen LogP contribution is 2.46. The average molecular weight is 643 g/mol. The number of nitrogens with two attached hydrogens (primary N) is 1. The molecule has 4 N–H and O–H groups in total. The molecule has 2 saturated heterocycles. The second-order valence-electron chi connectivity index (χ2n) is 11.7. The second kappa shape index (κ2) is 10.6. The molecule has 9 nitrogen and oxygen atoms in total. The lowest BCUT2D eigenvalue weighted by Gasteiger charge is -2.30. The number of nitrogen functional groups attached to an aromatic ring is 1. The predicted molar refractivity (Wildman–Crippen MR) is 161 cm³/mol. The van der Waals surface area contributed by atoms with Crippen LogP contribution >= 0.6 is 22.9 Å². The fourth-order valence-electron chi connectivity index (χ4n) is 6.78. The van der Waals surface area contributed by atoms with Crippen LogP contribution in [0.2, 0.25) is 5.02 Å². The molecule has 4 aromatic rings. The Morgan fingerprint density at radius 3 is 2.93 bits per heavy atom. The fourth-order valence-corrected chi connectivity index (χ4v) is 8.02. The van der Waals surface area contributed by atoms with E-state index in [9.17, 15) is 23.9 Å². The van der Waals surface area contributed by atoms with E-state index in [0.717, 1.165) is 36.8 Å². The highest BCUT2D eigenvalue weighted by molar-refractivity contribution is 7.23. The van der Waals surface area contributed by atoms with Gasteiger partial charge < -0.3 is 20.9 Å². The Hall–Kier alpha value is -3.86. The summed E-state index contributed by atoms with van der Waals surface area (Å²) in [7, 11) is 0. The molecule has 0 spiro atoms. The first-order valence-electron chi connectivity index (χ1n) is 14.2. The summed E-state index contributed by atoms with van der Waals surface area (Å²) >= 11 is 7.57. The SMILES string of the molecule is N#Cc1c(N)sc2c(F)ccc(-c3c(Cl)cc4c(NC[C@@H]5C[C@H]5C(=O)O)nc(OC[C@@]56CCCN5C[C@H](F)C6)nc4c3F)c12. The maximum atomic E-state index is 16.6. The molecule has 0 amide bonds. The molecule has 0 radical (unpaired) electrons. The summed E-state index contributed by atoms with van der Waals surface area (Å²) in [4.78, 5) is 22.4. The van der Waals surface area contributed by atoms with Crippen LogP contribution in [0.15, 0.2) is 18.2 Å². The van der Waals surface area contributed by atoms with E-state index in [1.54, 1.807) is 0 Å². The number of carboxylic acids is 1. The van der Waals surface area contributed by atoms with Gasteiger partial charge in [0.05, 0.1) is 26.7 Å². The lowest BCUT2D eigenvalue weighted by Crippen LogP contribution is -2.43. The normalized spacial score (nSPS) is 24.5. The minimum atomic E-state index is -0.964. The standard InChI is InChI=1S/C30H26ClF3N6O3S/c31-19-7-17-24(23(34)22(19)15-2-3-20(33)25-21(15)18(9-35)26(36)44-25)38-29(39-27(17)37-10-13-6-16(13)28(41)42)43-12-30-4-1-5-40(30)11-14(32)8-30/h2-3,7,13-14,16H,1,4-6,8,10-12,36H2,(H,41,42)(H,37,38,39)/t13-,14+,16+,30-/m0/s1. The Morgan fingerprint density at radius 1 is 1.36 bits per heavy atom. The molecule has 4 heterocycles. The summed E-state index contributed by atoms with van der Waals surface area (Å²) in [5.74, 6) is -2.74. The van der Waals surface area contributed by atoms with Crippen molar-refractivity contribution in [3.05, 3.63) is 40.4 Å². The average Bonchev–Trinajstić information content (AvgIpc) is 3.41. The smallest absolute Gasteiger partial charge is 0.319 e. The summed E-state index contributed by atoms with van der Waals surface area (Å²) in [6.07, 6.45) is 1.53. The number of anilines is 2. The number of aromatic nitrogens is 2. The lowest BCUT2D eigenvalue weighted by atomic mass is 9.95. The maximum Gasteiger partial charge on any atom is 0.319 e. The predicted octanol–water partition coefficient (Wildman–Crippen LogP) is 5.98. The van der Waals surface area contributed by atoms with E-state index in [1.165, 1.54) is 12.1 Å². The summed E-state index contributed by atoms with van der Waals surface area (Å²) < 4.78 is 51.9. The number of benzene rings is 2. The first-order valence-corrected chi connectivity index (χ1v) is 15.4. The van der Waals surface area contributed by atoms with Crippen molar-refractivity contribution in [3.8, 4) is 23.2 Å². The topological polar surface area (TPSA) is 137 Å². The molecule has 7 rings (SSSR count). The van der Waals surface area contributed by atoms with Crippen molar-refractivity contribution in [1.82, 2.24) is 14.9 Å². The number of hydrogen-bond donors (Lipinski definition) is 3. The van der Waals surface area contributed by atoms with Crippen molar-refractivity contribution in [3.63, 3.8) is 0 Å². The van der Waals surface area contributed by atoms with Crippen molar-refractivity contribution in [1.29, 1.82) is 5.26 Å². The van der Waals surface area contributed by atoms with Crippen LogP contribution in [-0.4, -0.2) is 63.9 Å². The highest BCUT2D eigenvalue weighted by atomic mass is 35.5. The number of thiophene rings is 1. The van der Waals surface area contributed by atoms with Crippen molar-refractivity contribution in [2.75, 3.05) is 37.3 Å². The van der Waals surface area contributed by atoms with Gasteiger partial charge >= 0.3 is 12.0 Å². The van der Waals surface area contributed by atoms with Crippen LogP contribution in [0.4, 0.5) is 24.0 Å². The van der Waals surface area contributed by atoms with Gasteiger partial charge in [-0.1, -0.05) is 17.7 Å². The van der Waals surface area contributed by atoms with Crippen molar-refractivity contribution in [2.24, 2.45) is 11.8 Å². The first-order chi connectivity index (χ1) is 21.1. The Bertz CT molecular complexity index is 1900. The van der Waals surface area contributed by atoms with Crippen LogP contribution in [0.25, 0.3) is 32.1 Å². The Balaban J connectivity index is 1.34. The van der Waals surface area contributed by atoms with Crippen LogP contribution in [-0.2, 0) is 4.79 Å². The fraction of sp³-hybridized carbons (Fsp3) is 0.400. The van der Waals surface area contributed by atoms with Gasteiger partial charge in [-0.05, 0) is 49.4 Å². The van der Waals surface area contributed by atoms with E-state index in [2.05, 4.69) is 20.2 Å². The number of nitrogens with zero attached hydrogens (tertiary/aromatic N) is 4. The largest absolute Gasteiger partial charge is 0.481 e. The zero-order valence-electron chi connectivity index (χ0n) is 23.2. The first kappa shape index (κ1) is 28.9. The number of fused-ring (bicyclic) bond motifs is 3. The van der Waals surface area contributed by atoms with Crippen molar-refractivity contribution < 1.29 is 27.8 Å². The van der Waals surface area contributed by atoms with Crippen molar-refractivity contribution in [2.45, 2.75) is 37.4 Å². The van der Waals surface area contributed by atoms with Crippen LogP contribution in [0, 0.1) is 34.8 Å². The van der Waals surface area contributed by atoms with Gasteiger partial charge in [-0.3, -0.25) is 9.69 Å². The second-order valence-corrected chi connectivity index (χ2v) is 13.2. The minimum absolute atomic E-state index is 0.0182. The molecule has 1 saturated carbocycles. The monoisotopic (exact) mass is 642 g/mol. The van der Waals surface area contributed by atoms with Gasteiger partial charge in [-0.25, -0.2) is 13.2 Å². The van der Waals surface area contributed by atoms with E-state index in [4.69, 9.17) is 22.1 Å². The summed E-state index contributed by atoms with van der Waals surface area (Å²) in [6, 6.07) is 5.83. The molecule has 14 heteroatoms. The molecular formula is C30H26ClF3N6O3S. The molecule has 1 aliphatic carbocycles. The van der Waals surface area contributed by atoms with Gasteiger partial charge in [0.25, 0.3) is 0 Å². The number of halogens is 4. The Morgan fingerprint density at radius 2 is 2.18 bits per heavy atom. The van der Waals surface area contributed by atoms with Gasteiger partial charge in [-0.2, -0.15) is 15.2 Å². The summed E-state index contributed by atoms with van der Waals surface area (Å²) in [5.41, 5.74) is 5.46. The molecule has 4 atom stereocenters. The number of rotatable bonds is 8. The number of carboxylic acid groups (broad SMARTS) is 1. The van der Waals surface area contributed by atoms with Crippen LogP contribution < -0.4 is 15.8 Å². The molecular weight excluding hydrogens is 617 g/mol. The van der Waals surface area contributed by atoms with E-state index in [-0.39, 0.29) is 78.6 Å². The van der Waals surface area contributed by atoms with E-state index >= 15 is 4.39 Å². The molecule has 2 aromatic carbocycles. The third kappa shape index (κ3) is 4.67. The molecule has 3 aliphatic rings. The number of nitriles is 1. The number of ether oxygens (including phenoxy) is 1. The van der Waals surface area contributed by atoms with Crippen LogP contribution in [0.5, 0.6) is 6.01 Å². The Kier molecular flexibility index (Phi) is 6.99. The molecule has 3 fully saturated rings. The third-order valence-electron chi connectivity index (χ3n) is 9.06. The van der Waals surface area contributed by atoms with Gasteiger partial charge in [0.1, 0.15) is 41.0 Å². The number of nitrogens with one attached hydrogen (secondary N) is 1. The van der Waals surface area contributed by atoms with E-state index < -0.39 is 35.2 Å². The van der Waals surface area contributed by atoms with Crippen LogP contribution in [0.1, 0.15) is 31.2 Å². The maximum absolute atomic E-state index is 16.6. The molecule has 228 valence electrons. The third-order valence-corrected chi connectivity index (χ3v) is 10.4. The number of alkyl halides is 1. The number of carbonyl (C=O) groups is 1. The van der Waals surface area contributed by atoms with Gasteiger partial charge in [0.2, 0.25) is 0 Å². The van der Waals surface area contributed by atoms with Crippen LogP contribution in [0.3, 0.4) is 0 Å². The molecule has 2 aromatic heterocycles. The lowest BCUT2D eigenvalue weighted by molar-refractivity contribution is -0.138. The van der Waals surface area contributed by atoms with E-state index in [0.29, 0.717) is 19.4 Å². The molecule has 2 aliphatic heterocycles. The molecule has 0 bridgehead atoms. The molecule has 0 unspecified atom stereocenters. The zero-order chi connectivity index (χ0) is 30.9. The number of hydrogen-bond acceptors (Lipinski definition) is 9. The summed E-state index contributed by atoms with van der Waals surface area (Å²) in [5, 5.41) is 22.6. The molecule has 44 heavy (non-hydrogen) atoms. The van der Waals surface area contributed by atoms with E-state index in [1.807, 2.05) is 6.07 Å². The quantitative estimate of drug-likeness (QED) is 0.212. The van der Waals surface area contributed by atoms with Gasteiger partial charge in [-0.15, -0.1) is 11.3 Å². The zero-order valence-corrected chi connectivity index (χ0v) is 24.7. The highest BCUT2D eigenvalue weighted by Gasteiger charge is 2.49. The minimum Gasteiger partial charge on any atom is -0.481 e. The van der Waals surface area contributed by atoms with Gasteiger partial charge in [0, 0.05) is 35.8 Å².